The van der Waals surface area contributed by atoms with E-state index in [-0.39, 0.29) is 0 Å². The first-order valence-corrected chi connectivity index (χ1v) is 3.88. The molecular weight excluding hydrogens is 136 g/mol. The number of aliphatic hydroxyl groups is 1. The standard InChI is InChI=1S/C7H15ClO/c1-7(2,9)5-3-4-6-8/h9H,3-6H2,1-2H3. The Morgan fingerprint density at radius 2 is 1.89 bits per heavy atom. The van der Waals surface area contributed by atoms with E-state index in [0.29, 0.717) is 5.88 Å². The van der Waals surface area contributed by atoms with Gasteiger partial charge in [0.25, 0.3) is 0 Å². The molecule has 0 atom stereocenters. The van der Waals surface area contributed by atoms with Gasteiger partial charge in [-0.05, 0) is 33.1 Å². The highest BCUT2D eigenvalue weighted by molar-refractivity contribution is 6.17. The Bertz CT molecular complexity index is 65.8. The molecule has 0 aliphatic carbocycles. The first-order chi connectivity index (χ1) is 4.06. The molecule has 1 N–H and O–H groups in total. The zero-order valence-electron chi connectivity index (χ0n) is 6.15. The Morgan fingerprint density at radius 3 is 2.22 bits per heavy atom. The Kier molecular flexibility index (Phi) is 4.24. The number of rotatable bonds is 4. The van der Waals surface area contributed by atoms with Crippen molar-refractivity contribution in [2.24, 2.45) is 0 Å². The molecule has 0 unspecified atom stereocenters. The molecular formula is C7H15ClO. The lowest BCUT2D eigenvalue weighted by atomic mass is 10.0. The lowest BCUT2D eigenvalue weighted by Crippen LogP contribution is -2.17. The minimum absolute atomic E-state index is 0.508. The molecule has 0 saturated carbocycles. The zero-order chi connectivity index (χ0) is 7.33. The maximum atomic E-state index is 9.20. The van der Waals surface area contributed by atoms with Gasteiger partial charge in [0.05, 0.1) is 5.60 Å². The second-order valence-electron chi connectivity index (χ2n) is 2.96. The maximum Gasteiger partial charge on any atom is 0.0591 e. The zero-order valence-corrected chi connectivity index (χ0v) is 6.91. The lowest BCUT2D eigenvalue weighted by molar-refractivity contribution is 0.0687. The fourth-order valence-corrected chi connectivity index (χ4v) is 0.841. The van der Waals surface area contributed by atoms with Gasteiger partial charge in [-0.1, -0.05) is 0 Å². The van der Waals surface area contributed by atoms with E-state index in [1.165, 1.54) is 0 Å². The molecule has 0 aliphatic heterocycles. The van der Waals surface area contributed by atoms with Gasteiger partial charge in [0.15, 0.2) is 0 Å². The second-order valence-corrected chi connectivity index (χ2v) is 3.34. The molecule has 0 aromatic rings. The molecule has 0 aromatic heterocycles. The first kappa shape index (κ1) is 9.25. The van der Waals surface area contributed by atoms with E-state index < -0.39 is 5.60 Å². The van der Waals surface area contributed by atoms with Crippen LogP contribution in [0.2, 0.25) is 0 Å². The van der Waals surface area contributed by atoms with Crippen LogP contribution < -0.4 is 0 Å². The van der Waals surface area contributed by atoms with Crippen molar-refractivity contribution in [3.8, 4) is 0 Å². The summed E-state index contributed by atoms with van der Waals surface area (Å²) in [5, 5.41) is 9.20. The summed E-state index contributed by atoms with van der Waals surface area (Å²) in [5.74, 6) is 0.704. The summed E-state index contributed by atoms with van der Waals surface area (Å²) >= 11 is 5.45. The van der Waals surface area contributed by atoms with Crippen LogP contribution >= 0.6 is 11.6 Å². The monoisotopic (exact) mass is 150 g/mol. The summed E-state index contributed by atoms with van der Waals surface area (Å²) in [4.78, 5) is 0. The van der Waals surface area contributed by atoms with Crippen LogP contribution in [0.3, 0.4) is 0 Å². The highest BCUT2D eigenvalue weighted by Gasteiger charge is 2.10. The average Bonchev–Trinajstić information content (AvgIpc) is 1.63. The molecule has 0 amide bonds. The fourth-order valence-electron chi connectivity index (χ4n) is 0.652. The molecule has 0 rings (SSSR count). The van der Waals surface area contributed by atoms with Gasteiger partial charge in [-0.3, -0.25) is 0 Å². The topological polar surface area (TPSA) is 20.2 Å². The third-order valence-electron chi connectivity index (χ3n) is 1.17. The van der Waals surface area contributed by atoms with Gasteiger partial charge in [0, 0.05) is 5.88 Å². The Labute approximate surface area is 62.0 Å². The molecule has 0 heterocycles. The van der Waals surface area contributed by atoms with Gasteiger partial charge in [-0.2, -0.15) is 0 Å². The molecule has 0 fully saturated rings. The minimum Gasteiger partial charge on any atom is -0.390 e. The van der Waals surface area contributed by atoms with E-state index in [4.69, 9.17) is 11.6 Å². The summed E-state index contributed by atoms with van der Waals surface area (Å²) in [5.41, 5.74) is -0.508. The van der Waals surface area contributed by atoms with Crippen molar-refractivity contribution in [3.63, 3.8) is 0 Å². The summed E-state index contributed by atoms with van der Waals surface area (Å²) in [6.45, 7) is 3.64. The molecule has 9 heavy (non-hydrogen) atoms. The van der Waals surface area contributed by atoms with Crippen molar-refractivity contribution in [1.82, 2.24) is 0 Å². The van der Waals surface area contributed by atoms with Gasteiger partial charge >= 0.3 is 0 Å². The number of halogens is 1. The van der Waals surface area contributed by atoms with Crippen LogP contribution in [0.5, 0.6) is 0 Å². The summed E-state index contributed by atoms with van der Waals surface area (Å²) in [7, 11) is 0. The number of unbranched alkanes of at least 4 members (excludes halogenated alkanes) is 1. The van der Waals surface area contributed by atoms with Gasteiger partial charge < -0.3 is 5.11 Å². The minimum atomic E-state index is -0.508. The van der Waals surface area contributed by atoms with Crippen molar-refractivity contribution in [1.29, 1.82) is 0 Å². The van der Waals surface area contributed by atoms with Crippen molar-refractivity contribution in [2.75, 3.05) is 5.88 Å². The van der Waals surface area contributed by atoms with Gasteiger partial charge in [0.1, 0.15) is 0 Å². The third kappa shape index (κ3) is 8.25. The van der Waals surface area contributed by atoms with Crippen molar-refractivity contribution in [2.45, 2.75) is 38.7 Å². The Hall–Kier alpha value is 0.250. The average molecular weight is 151 g/mol. The SMILES string of the molecule is CC(C)(O)CCCCCl. The van der Waals surface area contributed by atoms with E-state index in [9.17, 15) is 5.11 Å². The number of hydrogen-bond acceptors (Lipinski definition) is 1. The number of alkyl halides is 1. The Morgan fingerprint density at radius 1 is 1.33 bits per heavy atom. The summed E-state index contributed by atoms with van der Waals surface area (Å²) in [6.07, 6.45) is 2.87. The van der Waals surface area contributed by atoms with Crippen LogP contribution in [0.15, 0.2) is 0 Å². The molecule has 56 valence electrons. The predicted molar refractivity (Wildman–Crippen MR) is 40.9 cm³/mol. The quantitative estimate of drug-likeness (QED) is 0.481. The molecule has 2 heteroatoms. The van der Waals surface area contributed by atoms with Crippen molar-refractivity contribution in [3.05, 3.63) is 0 Å². The van der Waals surface area contributed by atoms with Gasteiger partial charge in [0.2, 0.25) is 0 Å². The van der Waals surface area contributed by atoms with Crippen LogP contribution in [0, 0.1) is 0 Å². The van der Waals surface area contributed by atoms with Crippen LogP contribution in [-0.4, -0.2) is 16.6 Å². The van der Waals surface area contributed by atoms with E-state index >= 15 is 0 Å². The smallest absolute Gasteiger partial charge is 0.0591 e. The molecule has 0 radical (unpaired) electrons. The van der Waals surface area contributed by atoms with E-state index in [0.717, 1.165) is 19.3 Å². The van der Waals surface area contributed by atoms with E-state index in [1.54, 1.807) is 0 Å². The normalized spacial score (nSPS) is 12.0. The number of hydrogen-bond donors (Lipinski definition) is 1. The van der Waals surface area contributed by atoms with Crippen molar-refractivity contribution < 1.29 is 5.11 Å². The fraction of sp³-hybridized carbons (Fsp3) is 1.00. The van der Waals surface area contributed by atoms with Crippen LogP contribution in [0.4, 0.5) is 0 Å². The summed E-state index contributed by atoms with van der Waals surface area (Å²) < 4.78 is 0. The molecule has 0 aromatic carbocycles. The molecule has 0 bridgehead atoms. The van der Waals surface area contributed by atoms with Gasteiger partial charge in [-0.25, -0.2) is 0 Å². The highest BCUT2D eigenvalue weighted by Crippen LogP contribution is 2.11. The van der Waals surface area contributed by atoms with Crippen LogP contribution in [-0.2, 0) is 0 Å². The van der Waals surface area contributed by atoms with Crippen LogP contribution in [0.1, 0.15) is 33.1 Å². The molecule has 1 nitrogen and oxygen atoms in total. The highest BCUT2D eigenvalue weighted by atomic mass is 35.5. The molecule has 0 saturated heterocycles. The van der Waals surface area contributed by atoms with Crippen LogP contribution in [0.25, 0.3) is 0 Å². The van der Waals surface area contributed by atoms with E-state index in [2.05, 4.69) is 0 Å². The van der Waals surface area contributed by atoms with Gasteiger partial charge in [-0.15, -0.1) is 11.6 Å². The van der Waals surface area contributed by atoms with E-state index in [1.807, 2.05) is 13.8 Å². The second kappa shape index (κ2) is 4.13. The first-order valence-electron chi connectivity index (χ1n) is 3.34. The lowest BCUT2D eigenvalue weighted by Gasteiger charge is -2.15. The molecule has 0 aliphatic rings. The third-order valence-corrected chi connectivity index (χ3v) is 1.44. The molecule has 0 spiro atoms. The summed E-state index contributed by atoms with van der Waals surface area (Å²) in [6, 6.07) is 0. The largest absolute Gasteiger partial charge is 0.390 e. The maximum absolute atomic E-state index is 9.20. The predicted octanol–water partition coefficient (Wildman–Crippen LogP) is 2.17. The van der Waals surface area contributed by atoms with Crippen molar-refractivity contribution >= 4 is 11.6 Å². The Balaban J connectivity index is 3.07.